The van der Waals surface area contributed by atoms with Crippen molar-refractivity contribution >= 4 is 17.7 Å². The van der Waals surface area contributed by atoms with Gasteiger partial charge in [-0.05, 0) is 95.3 Å². The van der Waals surface area contributed by atoms with Gasteiger partial charge in [-0.3, -0.25) is 9.59 Å². The van der Waals surface area contributed by atoms with Crippen LogP contribution in [0.3, 0.4) is 0 Å². The molecular weight excluding hydrogens is 432 g/mol. The fourth-order valence-electron chi connectivity index (χ4n) is 8.64. The molecule has 4 saturated carbocycles. The van der Waals surface area contributed by atoms with E-state index in [0.717, 1.165) is 32.1 Å². The molecular formula is C28H42O6. The van der Waals surface area contributed by atoms with Gasteiger partial charge in [0.2, 0.25) is 0 Å². The van der Waals surface area contributed by atoms with Crippen LogP contribution in [-0.2, 0) is 23.9 Å². The van der Waals surface area contributed by atoms with E-state index in [9.17, 15) is 19.5 Å². The van der Waals surface area contributed by atoms with E-state index in [0.29, 0.717) is 30.8 Å². The second kappa shape index (κ2) is 8.76. The summed E-state index contributed by atoms with van der Waals surface area (Å²) in [5, 5.41) is 12.4. The number of allylic oxidation sites excluding steroid dienone is 1. The van der Waals surface area contributed by atoms with Crippen LogP contribution in [0.1, 0.15) is 92.9 Å². The Hall–Kier alpha value is -1.69. The topological polar surface area (TPSA) is 89.9 Å². The summed E-state index contributed by atoms with van der Waals surface area (Å²) in [6.07, 6.45) is 7.55. The molecule has 3 unspecified atom stereocenters. The Kier molecular flexibility index (Phi) is 6.54. The highest BCUT2D eigenvalue weighted by Crippen LogP contribution is 2.69. The Morgan fingerprint density at radius 1 is 0.912 bits per heavy atom. The van der Waals surface area contributed by atoms with E-state index in [1.807, 2.05) is 13.8 Å². The molecule has 0 amide bonds. The predicted octanol–water partition coefficient (Wildman–Crippen LogP) is 4.77. The van der Waals surface area contributed by atoms with E-state index < -0.39 is 17.1 Å². The lowest BCUT2D eigenvalue weighted by molar-refractivity contribution is -0.251. The number of hydrogen-bond acceptors (Lipinski definition) is 6. The van der Waals surface area contributed by atoms with E-state index in [2.05, 4.69) is 6.92 Å². The SMILES string of the molecule is C/C=C(\C)C(=O)O[C@@H]1CC2C(CC[C@H]3C[C@@H](OC(C)=O)CC[C@]23C)[C@@]2(O)CCC(C(C)=O)[C@@]12C. The summed E-state index contributed by atoms with van der Waals surface area (Å²) >= 11 is 0. The van der Waals surface area contributed by atoms with Crippen molar-refractivity contribution in [2.75, 3.05) is 0 Å². The second-order valence-electron chi connectivity index (χ2n) is 12.0. The number of carbonyl (C=O) groups excluding carboxylic acids is 3. The van der Waals surface area contributed by atoms with Crippen molar-refractivity contribution in [3.05, 3.63) is 11.6 Å². The molecule has 0 saturated heterocycles. The number of esters is 2. The number of hydrogen-bond donors (Lipinski definition) is 1. The van der Waals surface area contributed by atoms with Crippen molar-refractivity contribution in [3.63, 3.8) is 0 Å². The van der Waals surface area contributed by atoms with Gasteiger partial charge in [-0.25, -0.2) is 4.79 Å². The van der Waals surface area contributed by atoms with Crippen molar-refractivity contribution in [1.82, 2.24) is 0 Å². The lowest BCUT2D eigenvalue weighted by Gasteiger charge is -2.65. The molecule has 9 atom stereocenters. The van der Waals surface area contributed by atoms with Gasteiger partial charge in [0.1, 0.15) is 18.0 Å². The first-order valence-corrected chi connectivity index (χ1v) is 13.1. The lowest BCUT2D eigenvalue weighted by atomic mass is 9.42. The third kappa shape index (κ3) is 3.66. The van der Waals surface area contributed by atoms with Crippen LogP contribution in [0.5, 0.6) is 0 Å². The number of ether oxygens (including phenoxy) is 2. The molecule has 0 aliphatic heterocycles. The van der Waals surface area contributed by atoms with Gasteiger partial charge in [-0.2, -0.15) is 0 Å². The number of ketones is 1. The van der Waals surface area contributed by atoms with Crippen molar-refractivity contribution in [2.24, 2.45) is 34.5 Å². The minimum absolute atomic E-state index is 0.0226. The third-order valence-electron chi connectivity index (χ3n) is 10.7. The van der Waals surface area contributed by atoms with Crippen molar-refractivity contribution in [2.45, 2.75) is 111 Å². The smallest absolute Gasteiger partial charge is 0.333 e. The Morgan fingerprint density at radius 3 is 2.24 bits per heavy atom. The number of fused-ring (bicyclic) bond motifs is 5. The molecule has 1 N–H and O–H groups in total. The summed E-state index contributed by atoms with van der Waals surface area (Å²) in [4.78, 5) is 37.2. The zero-order valence-electron chi connectivity index (χ0n) is 21.7. The Balaban J connectivity index is 1.71. The quantitative estimate of drug-likeness (QED) is 0.466. The molecule has 4 aliphatic carbocycles. The van der Waals surface area contributed by atoms with Crippen LogP contribution in [0.2, 0.25) is 0 Å². The van der Waals surface area contributed by atoms with E-state index in [-0.39, 0.29) is 47.0 Å². The Bertz CT molecular complexity index is 893. The maximum absolute atomic E-state index is 12.9. The summed E-state index contributed by atoms with van der Waals surface area (Å²) in [6, 6.07) is 0. The molecule has 6 nitrogen and oxygen atoms in total. The molecule has 34 heavy (non-hydrogen) atoms. The fraction of sp³-hybridized carbons (Fsp3) is 0.821. The minimum Gasteiger partial charge on any atom is -0.463 e. The van der Waals surface area contributed by atoms with Gasteiger partial charge >= 0.3 is 11.9 Å². The van der Waals surface area contributed by atoms with Gasteiger partial charge in [0, 0.05) is 23.8 Å². The first-order valence-electron chi connectivity index (χ1n) is 13.1. The van der Waals surface area contributed by atoms with Crippen molar-refractivity contribution in [1.29, 1.82) is 0 Å². The summed E-state index contributed by atoms with van der Waals surface area (Å²) < 4.78 is 11.7. The second-order valence-corrected chi connectivity index (χ2v) is 12.0. The monoisotopic (exact) mass is 474 g/mol. The Labute approximate surface area is 203 Å². The van der Waals surface area contributed by atoms with Crippen LogP contribution in [0.25, 0.3) is 0 Å². The first kappa shape index (κ1) is 25.4. The van der Waals surface area contributed by atoms with E-state index >= 15 is 0 Å². The molecule has 6 heteroatoms. The molecule has 4 fully saturated rings. The number of rotatable bonds is 4. The molecule has 0 heterocycles. The van der Waals surface area contributed by atoms with Crippen LogP contribution in [0.4, 0.5) is 0 Å². The van der Waals surface area contributed by atoms with E-state index in [4.69, 9.17) is 9.47 Å². The maximum Gasteiger partial charge on any atom is 0.333 e. The highest BCUT2D eigenvalue weighted by Gasteiger charge is 2.72. The minimum atomic E-state index is -1.04. The van der Waals surface area contributed by atoms with Crippen LogP contribution in [-0.4, -0.2) is 40.6 Å². The molecule has 0 aromatic heterocycles. The van der Waals surface area contributed by atoms with E-state index in [1.54, 1.807) is 19.9 Å². The first-order chi connectivity index (χ1) is 15.9. The lowest BCUT2D eigenvalue weighted by Crippen LogP contribution is -2.68. The van der Waals surface area contributed by atoms with Crippen LogP contribution >= 0.6 is 0 Å². The van der Waals surface area contributed by atoms with Gasteiger partial charge < -0.3 is 14.6 Å². The molecule has 4 rings (SSSR count). The molecule has 190 valence electrons. The molecule has 0 aromatic carbocycles. The highest BCUT2D eigenvalue weighted by molar-refractivity contribution is 5.88. The number of aliphatic hydroxyl groups is 1. The Morgan fingerprint density at radius 2 is 1.62 bits per heavy atom. The summed E-state index contributed by atoms with van der Waals surface area (Å²) in [5.74, 6) is -0.158. The summed E-state index contributed by atoms with van der Waals surface area (Å²) in [5.41, 5.74) is -1.31. The van der Waals surface area contributed by atoms with Gasteiger partial charge in [-0.15, -0.1) is 0 Å². The van der Waals surface area contributed by atoms with Crippen molar-refractivity contribution in [3.8, 4) is 0 Å². The largest absolute Gasteiger partial charge is 0.463 e. The van der Waals surface area contributed by atoms with E-state index in [1.165, 1.54) is 6.92 Å². The fourth-order valence-corrected chi connectivity index (χ4v) is 8.64. The average molecular weight is 475 g/mol. The normalized spacial score (nSPS) is 46.0. The third-order valence-corrected chi connectivity index (χ3v) is 10.7. The predicted molar refractivity (Wildman–Crippen MR) is 128 cm³/mol. The van der Waals surface area contributed by atoms with Gasteiger partial charge in [0.25, 0.3) is 0 Å². The van der Waals surface area contributed by atoms with Crippen LogP contribution in [0, 0.1) is 34.5 Å². The summed E-state index contributed by atoms with van der Waals surface area (Å²) in [6.45, 7) is 11.0. The number of Topliss-reactive ketones (excluding diaryl/α,β-unsaturated/α-hetero) is 1. The number of carbonyl (C=O) groups is 3. The van der Waals surface area contributed by atoms with Crippen LogP contribution in [0.15, 0.2) is 11.6 Å². The standard InChI is InChI=1S/C28H42O6/c1-7-16(2)25(31)34-24-15-23-22(28(32)13-11-21(17(3)29)27(24,28)6)9-8-19-14-20(33-18(4)30)10-12-26(19,23)5/h7,19-24,32H,8-15H2,1-6H3/b16-7+/t19-,20-,21?,22?,23?,24+,26-,27-,28-/m0/s1. The molecule has 0 radical (unpaired) electrons. The molecule has 0 spiro atoms. The van der Waals surface area contributed by atoms with Gasteiger partial charge in [0.05, 0.1) is 5.60 Å². The molecule has 0 aromatic rings. The zero-order chi connectivity index (χ0) is 25.1. The zero-order valence-corrected chi connectivity index (χ0v) is 21.7. The van der Waals surface area contributed by atoms with Crippen LogP contribution < -0.4 is 0 Å². The van der Waals surface area contributed by atoms with Gasteiger partial charge in [0.15, 0.2) is 0 Å². The maximum atomic E-state index is 12.9. The average Bonchev–Trinajstić information content (AvgIpc) is 3.06. The van der Waals surface area contributed by atoms with Gasteiger partial charge in [-0.1, -0.05) is 19.9 Å². The molecule has 4 aliphatic rings. The molecule has 0 bridgehead atoms. The van der Waals surface area contributed by atoms with Crippen molar-refractivity contribution < 1.29 is 29.0 Å². The highest BCUT2D eigenvalue weighted by atomic mass is 16.5. The summed E-state index contributed by atoms with van der Waals surface area (Å²) in [7, 11) is 0.